The van der Waals surface area contributed by atoms with Crippen LogP contribution in [-0.4, -0.2) is 21.0 Å². The van der Waals surface area contributed by atoms with Gasteiger partial charge in [0.15, 0.2) is 0 Å². The molecule has 0 amide bonds. The monoisotopic (exact) mass is 274 g/mol. The van der Waals surface area contributed by atoms with Gasteiger partial charge in [-0.2, -0.15) is 0 Å². The average molecular weight is 274 g/mol. The number of carboxylic acids is 1. The van der Waals surface area contributed by atoms with E-state index >= 15 is 0 Å². The van der Waals surface area contributed by atoms with Crippen molar-refractivity contribution in [3.63, 3.8) is 0 Å². The molecular formula is C13H10N2O5. The van der Waals surface area contributed by atoms with Crippen LogP contribution in [0.2, 0.25) is 0 Å². The molecule has 0 aliphatic rings. The summed E-state index contributed by atoms with van der Waals surface area (Å²) in [5, 5.41) is 20.0. The van der Waals surface area contributed by atoms with Crippen molar-refractivity contribution in [2.45, 2.75) is 6.92 Å². The Labute approximate surface area is 113 Å². The molecule has 1 N–H and O–H groups in total. The van der Waals surface area contributed by atoms with Crippen LogP contribution >= 0.6 is 0 Å². The standard InChI is InChI=1S/C13H10N2O5/c1-8-2-3-11(9(6-8)13(16)17)20-12-4-5-14-7-10(12)15(18)19/h2-7H,1H3,(H,16,17). The third-order valence-corrected chi connectivity index (χ3v) is 2.54. The molecule has 7 nitrogen and oxygen atoms in total. The van der Waals surface area contributed by atoms with Crippen LogP contribution in [0.1, 0.15) is 15.9 Å². The second-order valence-electron chi connectivity index (χ2n) is 4.01. The van der Waals surface area contributed by atoms with Gasteiger partial charge in [0, 0.05) is 12.3 Å². The van der Waals surface area contributed by atoms with Gasteiger partial charge in [0.2, 0.25) is 5.75 Å². The van der Waals surface area contributed by atoms with Gasteiger partial charge in [0.25, 0.3) is 0 Å². The van der Waals surface area contributed by atoms with Crippen LogP contribution in [0.25, 0.3) is 0 Å². The van der Waals surface area contributed by atoms with Gasteiger partial charge in [-0.3, -0.25) is 15.1 Å². The van der Waals surface area contributed by atoms with Gasteiger partial charge in [-0.05, 0) is 19.1 Å². The minimum absolute atomic E-state index is 0.0393. The SMILES string of the molecule is Cc1ccc(Oc2ccncc2[N+](=O)[O-])c(C(=O)O)c1. The fourth-order valence-corrected chi connectivity index (χ4v) is 1.62. The van der Waals surface area contributed by atoms with Crippen molar-refractivity contribution >= 4 is 11.7 Å². The normalized spacial score (nSPS) is 10.1. The fourth-order valence-electron chi connectivity index (χ4n) is 1.62. The second kappa shape index (κ2) is 5.35. The predicted molar refractivity (Wildman–Crippen MR) is 69.1 cm³/mol. The minimum Gasteiger partial charge on any atom is -0.478 e. The van der Waals surface area contributed by atoms with E-state index in [9.17, 15) is 14.9 Å². The third-order valence-electron chi connectivity index (χ3n) is 2.54. The van der Waals surface area contributed by atoms with E-state index in [0.29, 0.717) is 0 Å². The lowest BCUT2D eigenvalue weighted by molar-refractivity contribution is -0.386. The highest BCUT2D eigenvalue weighted by Gasteiger charge is 2.18. The van der Waals surface area contributed by atoms with Gasteiger partial charge in [0.1, 0.15) is 17.5 Å². The number of hydrogen-bond donors (Lipinski definition) is 1. The number of aromatic nitrogens is 1. The molecule has 0 aliphatic carbocycles. The molecule has 0 fully saturated rings. The minimum atomic E-state index is -1.17. The molecule has 0 bridgehead atoms. The number of rotatable bonds is 4. The number of ether oxygens (including phenoxy) is 1. The van der Waals surface area contributed by atoms with Gasteiger partial charge >= 0.3 is 11.7 Å². The van der Waals surface area contributed by atoms with Crippen molar-refractivity contribution in [2.75, 3.05) is 0 Å². The molecule has 2 rings (SSSR count). The summed E-state index contributed by atoms with van der Waals surface area (Å²) in [5.41, 5.74) is 0.361. The topological polar surface area (TPSA) is 103 Å². The Morgan fingerprint density at radius 3 is 2.75 bits per heavy atom. The summed E-state index contributed by atoms with van der Waals surface area (Å²) in [5.74, 6) is -1.19. The molecule has 0 aliphatic heterocycles. The van der Waals surface area contributed by atoms with Gasteiger partial charge in [-0.15, -0.1) is 0 Å². The first-order valence-corrected chi connectivity index (χ1v) is 5.59. The van der Waals surface area contributed by atoms with Crippen molar-refractivity contribution in [1.82, 2.24) is 4.98 Å². The first kappa shape index (κ1) is 13.5. The van der Waals surface area contributed by atoms with E-state index in [1.54, 1.807) is 13.0 Å². The summed E-state index contributed by atoms with van der Waals surface area (Å²) >= 11 is 0. The smallest absolute Gasteiger partial charge is 0.339 e. The van der Waals surface area contributed by atoms with Gasteiger partial charge in [0.05, 0.1) is 4.92 Å². The first-order valence-electron chi connectivity index (χ1n) is 5.59. The number of carboxylic acid groups (broad SMARTS) is 1. The molecule has 0 atom stereocenters. The van der Waals surface area contributed by atoms with Crippen LogP contribution in [0.4, 0.5) is 5.69 Å². The Morgan fingerprint density at radius 1 is 1.35 bits per heavy atom. The average Bonchev–Trinajstić information content (AvgIpc) is 2.41. The molecule has 1 aromatic carbocycles. The lowest BCUT2D eigenvalue weighted by Gasteiger charge is -2.09. The molecule has 7 heteroatoms. The van der Waals surface area contributed by atoms with E-state index in [2.05, 4.69) is 4.98 Å². The summed E-state index contributed by atoms with van der Waals surface area (Å²) in [7, 11) is 0. The molecule has 1 aromatic heterocycles. The van der Waals surface area contributed by atoms with E-state index in [-0.39, 0.29) is 22.7 Å². The second-order valence-corrected chi connectivity index (χ2v) is 4.01. The lowest BCUT2D eigenvalue weighted by atomic mass is 10.1. The van der Waals surface area contributed by atoms with E-state index in [0.717, 1.165) is 11.8 Å². The van der Waals surface area contributed by atoms with Crippen molar-refractivity contribution in [2.24, 2.45) is 0 Å². The fraction of sp³-hybridized carbons (Fsp3) is 0.0769. The molecule has 0 unspecified atom stereocenters. The van der Waals surface area contributed by atoms with Crippen molar-refractivity contribution in [3.8, 4) is 11.5 Å². The zero-order valence-corrected chi connectivity index (χ0v) is 10.4. The van der Waals surface area contributed by atoms with Crippen LogP contribution in [-0.2, 0) is 0 Å². The maximum absolute atomic E-state index is 11.2. The van der Waals surface area contributed by atoms with E-state index < -0.39 is 10.9 Å². The van der Waals surface area contributed by atoms with E-state index in [1.165, 1.54) is 24.4 Å². The van der Waals surface area contributed by atoms with E-state index in [1.807, 2.05) is 0 Å². The maximum atomic E-state index is 11.2. The van der Waals surface area contributed by atoms with Crippen LogP contribution < -0.4 is 4.74 Å². The summed E-state index contributed by atoms with van der Waals surface area (Å²) in [4.78, 5) is 25.0. The number of benzene rings is 1. The number of carbonyl (C=O) groups is 1. The number of aryl methyl sites for hydroxylation is 1. The highest BCUT2D eigenvalue weighted by Crippen LogP contribution is 2.32. The summed E-state index contributed by atoms with van der Waals surface area (Å²) in [6.07, 6.45) is 2.38. The number of nitro groups is 1. The van der Waals surface area contributed by atoms with Crippen LogP contribution in [0.15, 0.2) is 36.7 Å². The molecule has 0 saturated carbocycles. The Balaban J connectivity index is 2.45. The van der Waals surface area contributed by atoms with Crippen LogP contribution in [0.5, 0.6) is 11.5 Å². The summed E-state index contributed by atoms with van der Waals surface area (Å²) in [6, 6.07) is 5.87. The van der Waals surface area contributed by atoms with E-state index in [4.69, 9.17) is 9.84 Å². The lowest BCUT2D eigenvalue weighted by Crippen LogP contribution is -2.02. The molecule has 2 aromatic rings. The molecule has 0 spiro atoms. The summed E-state index contributed by atoms with van der Waals surface area (Å²) in [6.45, 7) is 1.74. The van der Waals surface area contributed by atoms with Gasteiger partial charge < -0.3 is 9.84 Å². The number of pyridine rings is 1. The molecular weight excluding hydrogens is 264 g/mol. The van der Waals surface area contributed by atoms with Crippen LogP contribution in [0.3, 0.4) is 0 Å². The van der Waals surface area contributed by atoms with Crippen LogP contribution in [0, 0.1) is 17.0 Å². The molecule has 0 saturated heterocycles. The number of nitrogens with zero attached hydrogens (tertiary/aromatic N) is 2. The van der Waals surface area contributed by atoms with Crippen molar-refractivity contribution in [3.05, 3.63) is 57.9 Å². The van der Waals surface area contributed by atoms with Crippen molar-refractivity contribution in [1.29, 1.82) is 0 Å². The Bertz CT molecular complexity index is 684. The zero-order chi connectivity index (χ0) is 14.7. The largest absolute Gasteiger partial charge is 0.478 e. The zero-order valence-electron chi connectivity index (χ0n) is 10.4. The molecule has 0 radical (unpaired) electrons. The Morgan fingerprint density at radius 2 is 2.10 bits per heavy atom. The Hall–Kier alpha value is -2.96. The molecule has 20 heavy (non-hydrogen) atoms. The quantitative estimate of drug-likeness (QED) is 0.679. The van der Waals surface area contributed by atoms with Gasteiger partial charge in [-0.1, -0.05) is 11.6 Å². The highest BCUT2D eigenvalue weighted by atomic mass is 16.6. The molecule has 1 heterocycles. The first-order chi connectivity index (χ1) is 9.49. The van der Waals surface area contributed by atoms with Crippen molar-refractivity contribution < 1.29 is 19.6 Å². The van der Waals surface area contributed by atoms with Gasteiger partial charge in [-0.25, -0.2) is 4.79 Å². The number of aromatic carboxylic acids is 1. The predicted octanol–water partition coefficient (Wildman–Crippen LogP) is 2.79. The maximum Gasteiger partial charge on any atom is 0.339 e. The Kier molecular flexibility index (Phi) is 3.60. The summed E-state index contributed by atoms with van der Waals surface area (Å²) < 4.78 is 5.36. The third kappa shape index (κ3) is 2.72. The number of hydrogen-bond acceptors (Lipinski definition) is 5. The molecule has 102 valence electrons. The highest BCUT2D eigenvalue weighted by molar-refractivity contribution is 5.91.